The number of amides is 1. The van der Waals surface area contributed by atoms with E-state index < -0.39 is 0 Å². The first-order chi connectivity index (χ1) is 11.2. The van der Waals surface area contributed by atoms with Crippen molar-refractivity contribution < 1.29 is 9.53 Å². The van der Waals surface area contributed by atoms with Gasteiger partial charge in [0.25, 0.3) is 11.5 Å². The lowest BCUT2D eigenvalue weighted by atomic mass is 10.1. The second kappa shape index (κ2) is 6.75. The number of aryl methyl sites for hydroxylation is 1. The van der Waals surface area contributed by atoms with Gasteiger partial charge in [-0.15, -0.1) is 0 Å². The Morgan fingerprint density at radius 2 is 2.17 bits per heavy atom. The average Bonchev–Trinajstić information content (AvgIpc) is 2.97. The Hall–Kier alpha value is -2.47. The van der Waals surface area contributed by atoms with E-state index in [1.807, 2.05) is 18.2 Å². The lowest BCUT2D eigenvalue weighted by molar-refractivity contribution is 0.0928. The number of carbonyl (C=O) groups is 1. The molecule has 0 spiro atoms. The minimum absolute atomic E-state index is 0.000136. The number of rotatable bonds is 5. The number of methoxy groups -OCH3 is 1. The molecule has 1 aromatic heterocycles. The molecule has 1 aromatic carbocycles. The largest absolute Gasteiger partial charge is 0.383 e. The van der Waals surface area contributed by atoms with Crippen molar-refractivity contribution in [2.75, 3.05) is 13.7 Å². The summed E-state index contributed by atoms with van der Waals surface area (Å²) in [5.74, 6) is -0.266. The Kier molecular flexibility index (Phi) is 4.52. The van der Waals surface area contributed by atoms with Gasteiger partial charge in [-0.2, -0.15) is 5.10 Å². The standard InChI is InChI=1S/C17H19N3O3/c1-23-11-10-20-16(21)9-8-15(19-20)17(22)18-14-7-6-12-4-2-3-5-13(12)14/h2-5,8-9,14H,6-7,10-11H2,1H3,(H,18,22)/t14-/m1/s1. The number of hydrogen-bond donors (Lipinski definition) is 1. The van der Waals surface area contributed by atoms with Crippen LogP contribution in [0, 0.1) is 0 Å². The molecule has 120 valence electrons. The summed E-state index contributed by atoms with van der Waals surface area (Å²) in [6.07, 6.45) is 1.84. The van der Waals surface area contributed by atoms with E-state index in [9.17, 15) is 9.59 Å². The highest BCUT2D eigenvalue weighted by molar-refractivity contribution is 5.92. The van der Waals surface area contributed by atoms with Crippen LogP contribution in [-0.4, -0.2) is 29.4 Å². The van der Waals surface area contributed by atoms with Gasteiger partial charge in [0.05, 0.1) is 19.2 Å². The predicted octanol–water partition coefficient (Wildman–Crippen LogP) is 1.31. The van der Waals surface area contributed by atoms with Crippen LogP contribution in [0.5, 0.6) is 0 Å². The molecule has 6 heteroatoms. The summed E-state index contributed by atoms with van der Waals surface area (Å²) in [5.41, 5.74) is 2.43. The molecule has 0 unspecified atom stereocenters. The lowest BCUT2D eigenvalue weighted by Gasteiger charge is -2.14. The normalized spacial score (nSPS) is 16.1. The third-order valence-corrected chi connectivity index (χ3v) is 4.04. The Morgan fingerprint density at radius 1 is 1.35 bits per heavy atom. The Labute approximate surface area is 134 Å². The number of nitrogens with zero attached hydrogens (tertiary/aromatic N) is 2. The summed E-state index contributed by atoms with van der Waals surface area (Å²) in [4.78, 5) is 24.1. The van der Waals surface area contributed by atoms with E-state index in [-0.39, 0.29) is 23.2 Å². The number of aromatic nitrogens is 2. The molecule has 0 aliphatic heterocycles. The molecule has 1 aliphatic rings. The van der Waals surface area contributed by atoms with Gasteiger partial charge in [-0.05, 0) is 30.0 Å². The number of hydrogen-bond acceptors (Lipinski definition) is 4. The van der Waals surface area contributed by atoms with Gasteiger partial charge in [-0.3, -0.25) is 9.59 Å². The van der Waals surface area contributed by atoms with Gasteiger partial charge >= 0.3 is 0 Å². The van der Waals surface area contributed by atoms with E-state index in [1.54, 1.807) is 7.11 Å². The zero-order valence-electron chi connectivity index (χ0n) is 13.0. The highest BCUT2D eigenvalue weighted by atomic mass is 16.5. The molecule has 0 bridgehead atoms. The number of nitrogens with one attached hydrogen (secondary N) is 1. The summed E-state index contributed by atoms with van der Waals surface area (Å²) >= 11 is 0. The number of benzene rings is 1. The summed E-state index contributed by atoms with van der Waals surface area (Å²) in [6, 6.07) is 10.9. The highest BCUT2D eigenvalue weighted by Gasteiger charge is 2.24. The van der Waals surface area contributed by atoms with Crippen molar-refractivity contribution >= 4 is 5.91 Å². The minimum atomic E-state index is -0.266. The van der Waals surface area contributed by atoms with E-state index in [4.69, 9.17) is 4.74 Å². The minimum Gasteiger partial charge on any atom is -0.383 e. The van der Waals surface area contributed by atoms with Gasteiger partial charge in [0.2, 0.25) is 0 Å². The molecular weight excluding hydrogens is 294 g/mol. The molecule has 0 saturated carbocycles. The van der Waals surface area contributed by atoms with Crippen LogP contribution in [0.15, 0.2) is 41.2 Å². The van der Waals surface area contributed by atoms with E-state index in [2.05, 4.69) is 16.5 Å². The summed E-state index contributed by atoms with van der Waals surface area (Å²) in [6.45, 7) is 0.691. The topological polar surface area (TPSA) is 73.2 Å². The fraction of sp³-hybridized carbons (Fsp3) is 0.353. The third kappa shape index (κ3) is 3.32. The molecule has 23 heavy (non-hydrogen) atoms. The molecule has 0 radical (unpaired) electrons. The number of fused-ring (bicyclic) bond motifs is 1. The summed E-state index contributed by atoms with van der Waals surface area (Å²) in [5, 5.41) is 7.13. The second-order valence-corrected chi connectivity index (χ2v) is 5.54. The van der Waals surface area contributed by atoms with Gasteiger partial charge in [0, 0.05) is 13.2 Å². The van der Waals surface area contributed by atoms with Crippen LogP contribution in [0.3, 0.4) is 0 Å². The molecule has 0 fully saturated rings. The Balaban J connectivity index is 1.75. The van der Waals surface area contributed by atoms with Crippen molar-refractivity contribution in [3.05, 3.63) is 63.6 Å². The van der Waals surface area contributed by atoms with E-state index >= 15 is 0 Å². The van der Waals surface area contributed by atoms with Gasteiger partial charge in [-0.25, -0.2) is 4.68 Å². The predicted molar refractivity (Wildman–Crippen MR) is 85.3 cm³/mol. The zero-order valence-corrected chi connectivity index (χ0v) is 13.0. The molecule has 6 nitrogen and oxygen atoms in total. The summed E-state index contributed by atoms with van der Waals surface area (Å²) < 4.78 is 6.20. The van der Waals surface area contributed by atoms with Crippen LogP contribution in [0.1, 0.15) is 34.1 Å². The van der Waals surface area contributed by atoms with Crippen molar-refractivity contribution in [2.45, 2.75) is 25.4 Å². The van der Waals surface area contributed by atoms with Crippen molar-refractivity contribution in [1.82, 2.24) is 15.1 Å². The molecule has 1 atom stereocenters. The Bertz CT molecular complexity index is 770. The van der Waals surface area contributed by atoms with Gasteiger partial charge in [-0.1, -0.05) is 24.3 Å². The quantitative estimate of drug-likeness (QED) is 0.903. The van der Waals surface area contributed by atoms with Crippen LogP contribution in [-0.2, 0) is 17.7 Å². The SMILES string of the molecule is COCCn1nc(C(=O)N[C@@H]2CCc3ccccc32)ccc1=O. The molecule has 3 rings (SSSR count). The molecule has 2 aromatic rings. The van der Waals surface area contributed by atoms with Crippen LogP contribution >= 0.6 is 0 Å². The third-order valence-electron chi connectivity index (χ3n) is 4.04. The fourth-order valence-corrected chi connectivity index (χ4v) is 2.85. The van der Waals surface area contributed by atoms with Gasteiger partial charge in [0.15, 0.2) is 0 Å². The molecule has 1 N–H and O–H groups in total. The molecule has 1 amide bonds. The van der Waals surface area contributed by atoms with E-state index in [1.165, 1.54) is 22.4 Å². The van der Waals surface area contributed by atoms with Gasteiger partial charge in [0.1, 0.15) is 5.69 Å². The smallest absolute Gasteiger partial charge is 0.272 e. The number of carbonyl (C=O) groups excluding carboxylic acids is 1. The first-order valence-corrected chi connectivity index (χ1v) is 7.65. The average molecular weight is 313 g/mol. The van der Waals surface area contributed by atoms with Crippen LogP contribution in [0.2, 0.25) is 0 Å². The molecule has 1 aliphatic carbocycles. The lowest BCUT2D eigenvalue weighted by Crippen LogP contribution is -2.32. The van der Waals surface area contributed by atoms with E-state index in [0.717, 1.165) is 18.4 Å². The van der Waals surface area contributed by atoms with Crippen LogP contribution < -0.4 is 10.9 Å². The van der Waals surface area contributed by atoms with Crippen LogP contribution in [0.4, 0.5) is 0 Å². The molecule has 1 heterocycles. The van der Waals surface area contributed by atoms with Crippen molar-refractivity contribution in [2.24, 2.45) is 0 Å². The first kappa shape index (κ1) is 15.4. The maximum atomic E-state index is 12.4. The Morgan fingerprint density at radius 3 is 3.00 bits per heavy atom. The van der Waals surface area contributed by atoms with Gasteiger partial charge < -0.3 is 10.1 Å². The molecule has 0 saturated heterocycles. The van der Waals surface area contributed by atoms with Crippen molar-refractivity contribution in [1.29, 1.82) is 0 Å². The zero-order chi connectivity index (χ0) is 16.2. The summed E-state index contributed by atoms with van der Waals surface area (Å²) in [7, 11) is 1.55. The first-order valence-electron chi connectivity index (χ1n) is 7.65. The van der Waals surface area contributed by atoms with Crippen LogP contribution in [0.25, 0.3) is 0 Å². The fourth-order valence-electron chi connectivity index (χ4n) is 2.85. The number of ether oxygens (including phenoxy) is 1. The molecular formula is C17H19N3O3. The van der Waals surface area contributed by atoms with Crippen molar-refractivity contribution in [3.8, 4) is 0 Å². The second-order valence-electron chi connectivity index (χ2n) is 5.54. The van der Waals surface area contributed by atoms with Crippen molar-refractivity contribution in [3.63, 3.8) is 0 Å². The maximum absolute atomic E-state index is 12.4. The highest BCUT2D eigenvalue weighted by Crippen LogP contribution is 2.30. The monoisotopic (exact) mass is 313 g/mol. The van der Waals surface area contributed by atoms with E-state index in [0.29, 0.717) is 13.2 Å². The maximum Gasteiger partial charge on any atom is 0.272 e.